The molecule has 2 heterocycles. The molecule has 0 unspecified atom stereocenters. The van der Waals surface area contributed by atoms with Crippen LogP contribution in [0, 0.1) is 0 Å². The fraction of sp³-hybridized carbons (Fsp3) is 0.273. The first-order valence-corrected chi connectivity index (χ1v) is 9.62. The number of ether oxygens (including phenoxy) is 1. The lowest BCUT2D eigenvalue weighted by molar-refractivity contribution is -0.137. The summed E-state index contributed by atoms with van der Waals surface area (Å²) in [5, 5.41) is 10.1. The molecular weight excluding hydrogens is 411 g/mol. The molecule has 2 N–H and O–H groups in total. The number of phenolic OH excluding ortho intramolecular Hbond substituents is 1. The van der Waals surface area contributed by atoms with Gasteiger partial charge in [-0.15, -0.1) is 0 Å². The van der Waals surface area contributed by atoms with Gasteiger partial charge < -0.3 is 14.8 Å². The number of alkyl halides is 3. The Bertz CT molecular complexity index is 1160. The number of phenols is 1. The van der Waals surface area contributed by atoms with Crippen LogP contribution in [0.4, 0.5) is 13.2 Å². The molecule has 0 amide bonds. The average molecular weight is 431 g/mol. The van der Waals surface area contributed by atoms with E-state index in [4.69, 9.17) is 4.74 Å². The highest BCUT2D eigenvalue weighted by atomic mass is 19.4. The van der Waals surface area contributed by atoms with Crippen molar-refractivity contribution in [2.45, 2.75) is 25.7 Å². The topological polar surface area (TPSA) is 78.5 Å². The summed E-state index contributed by atoms with van der Waals surface area (Å²) in [5.74, 6) is 1.00. The minimum absolute atomic E-state index is 0.149. The molecule has 9 heteroatoms. The number of halogens is 3. The highest BCUT2D eigenvalue weighted by Crippen LogP contribution is 2.31. The Balaban J connectivity index is 1.59. The maximum absolute atomic E-state index is 12.8. The molecule has 31 heavy (non-hydrogen) atoms. The Morgan fingerprint density at radius 3 is 2.61 bits per heavy atom. The maximum atomic E-state index is 12.8. The summed E-state index contributed by atoms with van der Waals surface area (Å²) < 4.78 is 43.6. The van der Waals surface area contributed by atoms with Gasteiger partial charge in [0.2, 0.25) is 0 Å². The van der Waals surface area contributed by atoms with Crippen LogP contribution >= 0.6 is 0 Å². The minimum Gasteiger partial charge on any atom is -0.508 e. The van der Waals surface area contributed by atoms with Crippen LogP contribution in [0.25, 0.3) is 11.4 Å². The van der Waals surface area contributed by atoms with Crippen LogP contribution in [0.1, 0.15) is 22.4 Å². The zero-order valence-electron chi connectivity index (χ0n) is 16.7. The monoisotopic (exact) mass is 431 g/mol. The van der Waals surface area contributed by atoms with E-state index in [0.717, 1.165) is 12.1 Å². The van der Waals surface area contributed by atoms with E-state index in [2.05, 4.69) is 9.97 Å². The van der Waals surface area contributed by atoms with Crippen molar-refractivity contribution in [3.8, 4) is 22.9 Å². The van der Waals surface area contributed by atoms with Crippen molar-refractivity contribution in [1.29, 1.82) is 0 Å². The average Bonchev–Trinajstić information content (AvgIpc) is 2.74. The molecule has 4 rings (SSSR count). The highest BCUT2D eigenvalue weighted by molar-refractivity contribution is 5.56. The van der Waals surface area contributed by atoms with Crippen LogP contribution < -0.4 is 10.3 Å². The lowest BCUT2D eigenvalue weighted by Gasteiger charge is -2.28. The van der Waals surface area contributed by atoms with E-state index in [9.17, 15) is 23.1 Å². The Kier molecular flexibility index (Phi) is 5.45. The summed E-state index contributed by atoms with van der Waals surface area (Å²) >= 11 is 0. The highest BCUT2D eigenvalue weighted by Gasteiger charge is 2.30. The van der Waals surface area contributed by atoms with Gasteiger partial charge in [0.05, 0.1) is 18.4 Å². The minimum atomic E-state index is -4.43. The third kappa shape index (κ3) is 4.41. The number of nitrogens with zero attached hydrogens (tertiary/aromatic N) is 2. The van der Waals surface area contributed by atoms with Crippen molar-refractivity contribution in [2.24, 2.45) is 0 Å². The van der Waals surface area contributed by atoms with E-state index < -0.39 is 11.7 Å². The SMILES string of the molecule is COc1ccc(O)c(CN2CCc3c(nc(-c4ccc(C(F)(F)F)cc4)[nH]c3=O)C2)c1. The molecule has 0 atom stereocenters. The molecule has 0 aliphatic carbocycles. The van der Waals surface area contributed by atoms with Crippen molar-refractivity contribution in [3.63, 3.8) is 0 Å². The molecule has 0 spiro atoms. The standard InChI is InChI=1S/C22H20F3N3O3/c1-31-16-6-7-19(29)14(10-16)11-28-9-8-17-18(12-28)26-20(27-21(17)30)13-2-4-15(5-3-13)22(23,24)25/h2-7,10,29H,8-9,11-12H2,1H3,(H,26,27,30). The Labute approximate surface area is 175 Å². The van der Waals surface area contributed by atoms with E-state index in [1.54, 1.807) is 25.3 Å². The number of aromatic hydroxyl groups is 1. The maximum Gasteiger partial charge on any atom is 0.416 e. The summed E-state index contributed by atoms with van der Waals surface area (Å²) in [4.78, 5) is 21.8. The largest absolute Gasteiger partial charge is 0.508 e. The lowest BCUT2D eigenvalue weighted by Crippen LogP contribution is -2.35. The van der Waals surface area contributed by atoms with Gasteiger partial charge in [0.1, 0.15) is 17.3 Å². The van der Waals surface area contributed by atoms with Crippen LogP contribution in [0.15, 0.2) is 47.3 Å². The molecule has 2 aromatic carbocycles. The van der Waals surface area contributed by atoms with Crippen molar-refractivity contribution in [3.05, 3.63) is 75.2 Å². The molecule has 162 valence electrons. The number of hydrogen-bond acceptors (Lipinski definition) is 5. The lowest BCUT2D eigenvalue weighted by atomic mass is 10.0. The summed E-state index contributed by atoms with van der Waals surface area (Å²) in [7, 11) is 1.55. The van der Waals surface area contributed by atoms with Gasteiger partial charge in [-0.2, -0.15) is 13.2 Å². The molecule has 0 radical (unpaired) electrons. The van der Waals surface area contributed by atoms with E-state index in [1.165, 1.54) is 12.1 Å². The zero-order valence-corrected chi connectivity index (χ0v) is 16.7. The van der Waals surface area contributed by atoms with Gasteiger partial charge in [-0.1, -0.05) is 12.1 Å². The number of aromatic nitrogens is 2. The number of hydrogen-bond donors (Lipinski definition) is 2. The van der Waals surface area contributed by atoms with Crippen LogP contribution in [0.5, 0.6) is 11.5 Å². The van der Waals surface area contributed by atoms with Gasteiger partial charge in [-0.25, -0.2) is 4.98 Å². The fourth-order valence-electron chi connectivity index (χ4n) is 3.64. The second-order valence-electron chi connectivity index (χ2n) is 7.37. The Morgan fingerprint density at radius 1 is 1.19 bits per heavy atom. The van der Waals surface area contributed by atoms with E-state index in [-0.39, 0.29) is 17.1 Å². The third-order valence-corrected chi connectivity index (χ3v) is 5.32. The number of nitrogens with one attached hydrogen (secondary N) is 1. The first kappa shape index (κ1) is 20.9. The first-order chi connectivity index (χ1) is 14.7. The molecule has 1 aromatic heterocycles. The summed E-state index contributed by atoms with van der Waals surface area (Å²) in [6, 6.07) is 9.51. The number of rotatable bonds is 4. The van der Waals surface area contributed by atoms with Crippen LogP contribution in [-0.2, 0) is 25.7 Å². The summed E-state index contributed by atoms with van der Waals surface area (Å²) in [6.45, 7) is 1.42. The normalized spacial score (nSPS) is 14.3. The Hall–Kier alpha value is -3.33. The number of benzene rings is 2. The van der Waals surface area contributed by atoms with E-state index in [1.807, 2.05) is 4.90 Å². The second kappa shape index (κ2) is 8.07. The predicted octanol–water partition coefficient (Wildman–Crippen LogP) is 3.73. The number of H-pyrrole nitrogens is 1. The van der Waals surface area contributed by atoms with Crippen LogP contribution in [-0.4, -0.2) is 33.6 Å². The fourth-order valence-corrected chi connectivity index (χ4v) is 3.64. The number of aromatic amines is 1. The predicted molar refractivity (Wildman–Crippen MR) is 108 cm³/mol. The summed E-state index contributed by atoms with van der Waals surface area (Å²) in [5.41, 5.74) is 1.18. The van der Waals surface area contributed by atoms with Gasteiger partial charge in [0, 0.05) is 36.3 Å². The first-order valence-electron chi connectivity index (χ1n) is 9.62. The van der Waals surface area contributed by atoms with Crippen LogP contribution in [0.3, 0.4) is 0 Å². The van der Waals surface area contributed by atoms with E-state index in [0.29, 0.717) is 54.2 Å². The van der Waals surface area contributed by atoms with Gasteiger partial charge in [-0.3, -0.25) is 9.69 Å². The number of fused-ring (bicyclic) bond motifs is 1. The molecule has 0 bridgehead atoms. The molecule has 3 aromatic rings. The van der Waals surface area contributed by atoms with Gasteiger partial charge in [-0.05, 0) is 36.8 Å². The summed E-state index contributed by atoms with van der Waals surface area (Å²) in [6.07, 6.45) is -3.95. The van der Waals surface area contributed by atoms with Crippen LogP contribution in [0.2, 0.25) is 0 Å². The van der Waals surface area contributed by atoms with Gasteiger partial charge in [0.15, 0.2) is 0 Å². The molecular formula is C22H20F3N3O3. The van der Waals surface area contributed by atoms with Gasteiger partial charge in [0.25, 0.3) is 5.56 Å². The van der Waals surface area contributed by atoms with Crippen molar-refractivity contribution in [1.82, 2.24) is 14.9 Å². The zero-order chi connectivity index (χ0) is 22.2. The molecule has 1 aliphatic rings. The molecule has 6 nitrogen and oxygen atoms in total. The van der Waals surface area contributed by atoms with E-state index >= 15 is 0 Å². The van der Waals surface area contributed by atoms with Crippen molar-refractivity contribution >= 4 is 0 Å². The van der Waals surface area contributed by atoms with Gasteiger partial charge >= 0.3 is 6.18 Å². The Morgan fingerprint density at radius 2 is 1.94 bits per heavy atom. The molecule has 0 saturated carbocycles. The molecule has 0 fully saturated rings. The molecule has 1 aliphatic heterocycles. The number of methoxy groups -OCH3 is 1. The quantitative estimate of drug-likeness (QED) is 0.658. The third-order valence-electron chi connectivity index (χ3n) is 5.32. The van der Waals surface area contributed by atoms with Crippen molar-refractivity contribution in [2.75, 3.05) is 13.7 Å². The van der Waals surface area contributed by atoms with Crippen molar-refractivity contribution < 1.29 is 23.0 Å². The second-order valence-corrected chi connectivity index (χ2v) is 7.37. The smallest absolute Gasteiger partial charge is 0.416 e. The molecule has 0 saturated heterocycles.